The van der Waals surface area contributed by atoms with Crippen LogP contribution in [0.2, 0.25) is 0 Å². The smallest absolute Gasteiger partial charge is 0.233 e. The second-order valence-electron chi connectivity index (χ2n) is 3.19. The van der Waals surface area contributed by atoms with Crippen molar-refractivity contribution >= 4 is 28.2 Å². The molecule has 2 heterocycles. The first-order valence-electron chi connectivity index (χ1n) is 4.11. The Morgan fingerprint density at radius 1 is 1.71 bits per heavy atom. The second-order valence-corrected chi connectivity index (χ2v) is 4.07. The highest BCUT2D eigenvalue weighted by atomic mass is 32.1. The van der Waals surface area contributed by atoms with Crippen molar-refractivity contribution in [2.75, 3.05) is 5.73 Å². The zero-order valence-electron chi connectivity index (χ0n) is 7.48. The molecule has 0 aromatic carbocycles. The lowest BCUT2D eigenvalue weighted by atomic mass is 9.85. The number of carbonyl (C=O) groups is 2. The molecule has 0 spiro atoms. The van der Waals surface area contributed by atoms with Gasteiger partial charge in [0.05, 0.1) is 11.7 Å². The molecule has 2 rings (SSSR count). The number of carbonyl (C=O) groups excluding carboxylic acids is 2. The molecule has 0 bridgehead atoms. The Hall–Kier alpha value is -1.43. The van der Waals surface area contributed by atoms with Crippen molar-refractivity contribution in [2.45, 2.75) is 13.0 Å². The third-order valence-electron chi connectivity index (χ3n) is 2.21. The van der Waals surface area contributed by atoms with Crippen LogP contribution in [0, 0.1) is 5.92 Å². The fraction of sp³-hybridized carbons (Fsp3) is 0.375. The summed E-state index contributed by atoms with van der Waals surface area (Å²) in [5, 5.41) is 4.84. The van der Waals surface area contributed by atoms with Crippen LogP contribution in [0.5, 0.6) is 0 Å². The van der Waals surface area contributed by atoms with Gasteiger partial charge in [0.15, 0.2) is 5.13 Å². The van der Waals surface area contributed by atoms with Gasteiger partial charge < -0.3 is 11.1 Å². The molecule has 3 N–H and O–H groups in total. The van der Waals surface area contributed by atoms with Crippen molar-refractivity contribution in [2.24, 2.45) is 5.92 Å². The number of anilines is 1. The van der Waals surface area contributed by atoms with Gasteiger partial charge in [-0.2, -0.15) is 0 Å². The molecule has 1 saturated heterocycles. The van der Waals surface area contributed by atoms with E-state index in [9.17, 15) is 9.59 Å². The van der Waals surface area contributed by atoms with Gasteiger partial charge in [-0.25, -0.2) is 4.98 Å². The lowest BCUT2D eigenvalue weighted by Gasteiger charge is -2.33. The summed E-state index contributed by atoms with van der Waals surface area (Å²) in [5.74, 6) is -0.948. The van der Waals surface area contributed by atoms with Gasteiger partial charge >= 0.3 is 0 Å². The Bertz CT molecular complexity index is 393. The highest BCUT2D eigenvalue weighted by Gasteiger charge is 2.44. The van der Waals surface area contributed by atoms with Crippen LogP contribution in [0.1, 0.15) is 18.7 Å². The molecule has 74 valence electrons. The Labute approximate surface area is 84.3 Å². The molecule has 1 aromatic heterocycles. The number of nitrogens with two attached hydrogens (primary N) is 1. The number of hydrogen-bond donors (Lipinski definition) is 2. The number of amides is 1. The largest absolute Gasteiger partial charge is 0.375 e. The summed E-state index contributed by atoms with van der Waals surface area (Å²) in [6.45, 7) is 1.41. The lowest BCUT2D eigenvalue weighted by Crippen LogP contribution is -2.54. The Balaban J connectivity index is 2.21. The van der Waals surface area contributed by atoms with Crippen molar-refractivity contribution in [1.82, 2.24) is 10.3 Å². The normalized spacial score (nSPS) is 25.4. The minimum Gasteiger partial charge on any atom is -0.375 e. The van der Waals surface area contributed by atoms with Crippen molar-refractivity contribution in [1.29, 1.82) is 0 Å². The predicted molar refractivity (Wildman–Crippen MR) is 51.6 cm³/mol. The molecule has 0 radical (unpaired) electrons. The van der Waals surface area contributed by atoms with Crippen LogP contribution in [0.25, 0.3) is 0 Å². The molecule has 5 nitrogen and oxygen atoms in total. The van der Waals surface area contributed by atoms with Gasteiger partial charge in [-0.3, -0.25) is 9.59 Å². The Kier molecular flexibility index (Phi) is 1.99. The van der Waals surface area contributed by atoms with Crippen LogP contribution >= 0.6 is 11.3 Å². The molecule has 0 saturated carbocycles. The van der Waals surface area contributed by atoms with E-state index in [0.29, 0.717) is 10.8 Å². The van der Waals surface area contributed by atoms with Gasteiger partial charge in [0.25, 0.3) is 0 Å². The summed E-state index contributed by atoms with van der Waals surface area (Å²) in [5.41, 5.74) is 6.13. The van der Waals surface area contributed by atoms with Crippen LogP contribution < -0.4 is 11.1 Å². The molecular formula is C8H9N3O2S. The molecule has 1 aromatic rings. The highest BCUT2D eigenvalue weighted by molar-refractivity contribution is 7.13. The Morgan fingerprint density at radius 2 is 2.43 bits per heavy atom. The van der Waals surface area contributed by atoms with E-state index in [1.54, 1.807) is 5.38 Å². The van der Waals surface area contributed by atoms with E-state index in [1.165, 1.54) is 18.3 Å². The topological polar surface area (TPSA) is 85.1 Å². The maximum absolute atomic E-state index is 11.1. The van der Waals surface area contributed by atoms with E-state index >= 15 is 0 Å². The zero-order chi connectivity index (χ0) is 10.3. The molecule has 2 atom stereocenters. The van der Waals surface area contributed by atoms with Gasteiger partial charge in [0.2, 0.25) is 5.91 Å². The number of Topliss-reactive ketones (excluding diaryl/α,β-unsaturated/α-hetero) is 1. The fourth-order valence-electron chi connectivity index (χ4n) is 1.49. The van der Waals surface area contributed by atoms with Crippen LogP contribution in [0.15, 0.2) is 5.38 Å². The number of aromatic nitrogens is 1. The molecule has 1 aliphatic rings. The van der Waals surface area contributed by atoms with Crippen molar-refractivity contribution in [3.05, 3.63) is 11.1 Å². The van der Waals surface area contributed by atoms with Crippen LogP contribution in [0.3, 0.4) is 0 Å². The summed E-state index contributed by atoms with van der Waals surface area (Å²) in [6.07, 6.45) is 0. The van der Waals surface area contributed by atoms with Gasteiger partial charge in [-0.05, 0) is 6.92 Å². The maximum atomic E-state index is 11.1. The second kappa shape index (κ2) is 3.06. The number of hydrogen-bond acceptors (Lipinski definition) is 5. The molecule has 0 unspecified atom stereocenters. The highest BCUT2D eigenvalue weighted by Crippen LogP contribution is 2.32. The molecule has 0 aliphatic carbocycles. The number of rotatable bonds is 2. The minimum absolute atomic E-state index is 0.134. The molecular weight excluding hydrogens is 202 g/mol. The molecule has 14 heavy (non-hydrogen) atoms. The number of thiazole rings is 1. The van der Waals surface area contributed by atoms with Crippen molar-refractivity contribution in [3.8, 4) is 0 Å². The quantitative estimate of drug-likeness (QED) is 0.536. The first kappa shape index (κ1) is 9.14. The number of β-lactam (4-membered cyclic amide) rings is 1. The molecule has 1 fully saturated rings. The average molecular weight is 211 g/mol. The first-order chi connectivity index (χ1) is 6.59. The van der Waals surface area contributed by atoms with Gasteiger partial charge in [-0.15, -0.1) is 11.3 Å². The molecule has 1 aliphatic heterocycles. The molecule has 6 heteroatoms. The van der Waals surface area contributed by atoms with Crippen molar-refractivity contribution < 1.29 is 9.59 Å². The van der Waals surface area contributed by atoms with Crippen molar-refractivity contribution in [3.63, 3.8) is 0 Å². The summed E-state index contributed by atoms with van der Waals surface area (Å²) >= 11 is 1.30. The van der Waals surface area contributed by atoms with E-state index in [0.717, 1.165) is 0 Å². The summed E-state index contributed by atoms with van der Waals surface area (Å²) < 4.78 is 0. The summed E-state index contributed by atoms with van der Waals surface area (Å²) in [6, 6.07) is -0.284. The third-order valence-corrected chi connectivity index (χ3v) is 2.90. The van der Waals surface area contributed by atoms with Gasteiger partial charge in [-0.1, -0.05) is 0 Å². The fourth-order valence-corrected chi connectivity index (χ4v) is 2.09. The van der Waals surface area contributed by atoms with E-state index in [-0.39, 0.29) is 17.7 Å². The number of ketones is 1. The minimum atomic E-state index is -0.587. The SMILES string of the molecule is CC(=O)[C@@H]1C(=O)N[C@H]1c1csc(N)n1. The zero-order valence-corrected chi connectivity index (χ0v) is 8.30. The van der Waals surface area contributed by atoms with E-state index in [4.69, 9.17) is 5.73 Å². The molecule has 1 amide bonds. The summed E-state index contributed by atoms with van der Waals surface area (Å²) in [4.78, 5) is 26.2. The van der Waals surface area contributed by atoms with Gasteiger partial charge in [0, 0.05) is 5.38 Å². The summed E-state index contributed by atoms with van der Waals surface area (Å²) in [7, 11) is 0. The van der Waals surface area contributed by atoms with Crippen LogP contribution in [-0.2, 0) is 9.59 Å². The standard InChI is InChI=1S/C8H9N3O2S/c1-3(12)5-6(11-7(5)13)4-2-14-8(9)10-4/h2,5-6H,1H3,(H2,9,10)(H,11,13)/t5-,6-/m0/s1. The van der Waals surface area contributed by atoms with E-state index in [1.807, 2.05) is 0 Å². The predicted octanol–water partition coefficient (Wildman–Crippen LogP) is 0.101. The van der Waals surface area contributed by atoms with E-state index in [2.05, 4.69) is 10.3 Å². The number of nitrogen functional groups attached to an aromatic ring is 1. The number of nitrogens with one attached hydrogen (secondary N) is 1. The van der Waals surface area contributed by atoms with Crippen LogP contribution in [0.4, 0.5) is 5.13 Å². The van der Waals surface area contributed by atoms with Gasteiger partial charge in [0.1, 0.15) is 11.7 Å². The first-order valence-corrected chi connectivity index (χ1v) is 4.99. The average Bonchev–Trinajstić information content (AvgIpc) is 2.45. The van der Waals surface area contributed by atoms with E-state index < -0.39 is 5.92 Å². The Morgan fingerprint density at radius 3 is 2.86 bits per heavy atom. The van der Waals surface area contributed by atoms with Crippen LogP contribution in [-0.4, -0.2) is 16.7 Å². The maximum Gasteiger partial charge on any atom is 0.233 e. The lowest BCUT2D eigenvalue weighted by molar-refractivity contribution is -0.142. The third kappa shape index (κ3) is 1.27. The monoisotopic (exact) mass is 211 g/mol. The number of nitrogens with zero attached hydrogens (tertiary/aromatic N) is 1.